The topological polar surface area (TPSA) is 119 Å². The largest absolute Gasteiger partial charge is 0.508 e. The van der Waals surface area contributed by atoms with Gasteiger partial charge in [-0.3, -0.25) is 9.36 Å². The minimum absolute atomic E-state index is 0.0169. The number of amides is 1. The van der Waals surface area contributed by atoms with E-state index in [0.29, 0.717) is 29.2 Å². The minimum atomic E-state index is -0.531. The Balaban J connectivity index is 2.02. The highest BCUT2D eigenvalue weighted by Gasteiger charge is 2.22. The van der Waals surface area contributed by atoms with Crippen molar-refractivity contribution < 1.29 is 15.0 Å². The molecule has 4 aromatic rings. The van der Waals surface area contributed by atoms with E-state index < -0.39 is 5.91 Å². The van der Waals surface area contributed by atoms with Gasteiger partial charge in [0.1, 0.15) is 17.3 Å². The van der Waals surface area contributed by atoms with Crippen molar-refractivity contribution in [3.05, 3.63) is 54.0 Å². The van der Waals surface area contributed by atoms with Crippen LogP contribution in [-0.4, -0.2) is 35.5 Å². The predicted molar refractivity (Wildman–Crippen MR) is 118 cm³/mol. The van der Waals surface area contributed by atoms with E-state index in [1.807, 2.05) is 37.4 Å². The highest BCUT2D eigenvalue weighted by Crippen LogP contribution is 2.37. The van der Waals surface area contributed by atoms with Gasteiger partial charge in [-0.25, -0.2) is 0 Å². The number of aryl methyl sites for hydroxylation is 1. The predicted octanol–water partition coefficient (Wildman–Crippen LogP) is 3.47. The van der Waals surface area contributed by atoms with Crippen LogP contribution in [0.15, 0.2) is 42.6 Å². The fraction of sp³-hybridized carbons (Fsp3) is 0.261. The first kappa shape index (κ1) is 20.5. The molecule has 0 saturated carbocycles. The van der Waals surface area contributed by atoms with Gasteiger partial charge >= 0.3 is 0 Å². The number of rotatable bonds is 6. The second kappa shape index (κ2) is 7.79. The van der Waals surface area contributed by atoms with E-state index in [2.05, 4.69) is 28.6 Å². The number of aromatic nitrogens is 4. The van der Waals surface area contributed by atoms with Crippen molar-refractivity contribution in [3.63, 3.8) is 0 Å². The Bertz CT molecular complexity index is 1290. The van der Waals surface area contributed by atoms with Crippen LogP contribution in [0, 0.1) is 0 Å². The maximum absolute atomic E-state index is 11.7. The van der Waals surface area contributed by atoms with Gasteiger partial charge in [0.15, 0.2) is 5.82 Å². The number of fused-ring (bicyclic) bond motifs is 1. The lowest BCUT2D eigenvalue weighted by Gasteiger charge is -2.15. The summed E-state index contributed by atoms with van der Waals surface area (Å²) in [5.41, 5.74) is 8.35. The number of nitrogens with two attached hydrogens (primary N) is 1. The van der Waals surface area contributed by atoms with Crippen LogP contribution in [0.2, 0.25) is 0 Å². The molecular formula is C23H25N5O3. The van der Waals surface area contributed by atoms with Crippen LogP contribution in [0.4, 0.5) is 0 Å². The summed E-state index contributed by atoms with van der Waals surface area (Å²) in [6.07, 6.45) is 2.49. The van der Waals surface area contributed by atoms with Crippen molar-refractivity contribution in [1.82, 2.24) is 19.3 Å². The smallest absolute Gasteiger partial charge is 0.225 e. The number of hydrogen-bond donors (Lipinski definition) is 3. The van der Waals surface area contributed by atoms with Crippen molar-refractivity contribution in [2.24, 2.45) is 5.73 Å². The average Bonchev–Trinajstić information content (AvgIpc) is 3.32. The number of nitrogens with zero attached hydrogens (tertiary/aromatic N) is 4. The standard InChI is InChI=1S/C23H25N5O3/c1-4-14-10-16(20(30)11-19(14)29)23-26-25-22(12-21(24)31)28(23)18-7-5-6-17-15(18)8-9-27(17)13(2)3/h5-11,13,29-30H,4,12H2,1-3H3,(H2,24,31). The van der Waals surface area contributed by atoms with E-state index in [0.717, 1.165) is 16.6 Å². The van der Waals surface area contributed by atoms with Crippen molar-refractivity contribution in [2.45, 2.75) is 39.7 Å². The van der Waals surface area contributed by atoms with Gasteiger partial charge in [-0.2, -0.15) is 0 Å². The number of carbonyl (C=O) groups is 1. The molecule has 8 heteroatoms. The third-order valence-corrected chi connectivity index (χ3v) is 5.42. The molecular weight excluding hydrogens is 394 g/mol. The van der Waals surface area contributed by atoms with Crippen LogP contribution >= 0.6 is 0 Å². The summed E-state index contributed by atoms with van der Waals surface area (Å²) in [5, 5.41) is 30.1. The molecule has 4 N–H and O–H groups in total. The third-order valence-electron chi connectivity index (χ3n) is 5.42. The number of aromatic hydroxyl groups is 2. The number of primary amides is 1. The monoisotopic (exact) mass is 419 g/mol. The van der Waals surface area contributed by atoms with Gasteiger partial charge in [0.25, 0.3) is 0 Å². The molecule has 8 nitrogen and oxygen atoms in total. The molecule has 0 aliphatic carbocycles. The number of benzene rings is 2. The maximum Gasteiger partial charge on any atom is 0.225 e. The number of hydrogen-bond acceptors (Lipinski definition) is 5. The zero-order valence-corrected chi connectivity index (χ0v) is 17.7. The normalized spacial score (nSPS) is 11.5. The van der Waals surface area contributed by atoms with E-state index in [4.69, 9.17) is 5.73 Å². The highest BCUT2D eigenvalue weighted by molar-refractivity contribution is 5.90. The summed E-state index contributed by atoms with van der Waals surface area (Å²) >= 11 is 0. The molecule has 4 rings (SSSR count). The van der Waals surface area contributed by atoms with Crippen LogP contribution in [0.5, 0.6) is 11.5 Å². The van der Waals surface area contributed by atoms with E-state index >= 15 is 0 Å². The van der Waals surface area contributed by atoms with Crippen LogP contribution in [0.3, 0.4) is 0 Å². The van der Waals surface area contributed by atoms with E-state index in [-0.39, 0.29) is 24.0 Å². The van der Waals surface area contributed by atoms with Gasteiger partial charge in [0, 0.05) is 23.7 Å². The first-order chi connectivity index (χ1) is 14.8. The molecule has 0 unspecified atom stereocenters. The second-order valence-corrected chi connectivity index (χ2v) is 7.80. The SMILES string of the molecule is CCc1cc(-c2nnc(CC(N)=O)n2-c2cccc3c2ccn3C(C)C)c(O)cc1O. The summed E-state index contributed by atoms with van der Waals surface area (Å²) in [7, 11) is 0. The molecule has 0 radical (unpaired) electrons. The van der Waals surface area contributed by atoms with Crippen molar-refractivity contribution >= 4 is 16.8 Å². The summed E-state index contributed by atoms with van der Waals surface area (Å²) in [6, 6.07) is 11.2. The quantitative estimate of drug-likeness (QED) is 0.442. The van der Waals surface area contributed by atoms with Gasteiger partial charge < -0.3 is 20.5 Å². The summed E-state index contributed by atoms with van der Waals surface area (Å²) in [6.45, 7) is 6.12. The van der Waals surface area contributed by atoms with Gasteiger partial charge in [0.05, 0.1) is 23.2 Å². The summed E-state index contributed by atoms with van der Waals surface area (Å²) in [4.78, 5) is 11.7. The number of phenols is 2. The molecule has 2 aromatic carbocycles. The minimum Gasteiger partial charge on any atom is -0.508 e. The van der Waals surface area contributed by atoms with E-state index in [9.17, 15) is 15.0 Å². The molecule has 0 bridgehead atoms. The zero-order chi connectivity index (χ0) is 22.3. The van der Waals surface area contributed by atoms with Crippen molar-refractivity contribution in [3.8, 4) is 28.6 Å². The second-order valence-electron chi connectivity index (χ2n) is 7.80. The summed E-state index contributed by atoms with van der Waals surface area (Å²) < 4.78 is 3.91. The van der Waals surface area contributed by atoms with Gasteiger partial charge in [-0.15, -0.1) is 10.2 Å². The molecule has 0 saturated heterocycles. The molecule has 0 fully saturated rings. The Labute approximate surface area is 179 Å². The van der Waals surface area contributed by atoms with Crippen LogP contribution in [-0.2, 0) is 17.6 Å². The van der Waals surface area contributed by atoms with Crippen LogP contribution < -0.4 is 5.73 Å². The lowest BCUT2D eigenvalue weighted by molar-refractivity contribution is -0.117. The number of phenolic OH excluding ortho intramolecular Hbond substituents is 2. The Morgan fingerprint density at radius 3 is 2.58 bits per heavy atom. The number of carbonyl (C=O) groups excluding carboxylic acids is 1. The molecule has 1 amide bonds. The fourth-order valence-electron chi connectivity index (χ4n) is 3.92. The first-order valence-corrected chi connectivity index (χ1v) is 10.2. The van der Waals surface area contributed by atoms with Crippen molar-refractivity contribution in [1.29, 1.82) is 0 Å². The molecule has 31 heavy (non-hydrogen) atoms. The Hall–Kier alpha value is -3.81. The van der Waals surface area contributed by atoms with Gasteiger partial charge in [-0.05, 0) is 50.1 Å². The van der Waals surface area contributed by atoms with Crippen LogP contribution in [0.25, 0.3) is 28.0 Å². The van der Waals surface area contributed by atoms with E-state index in [1.54, 1.807) is 10.6 Å². The average molecular weight is 419 g/mol. The first-order valence-electron chi connectivity index (χ1n) is 10.2. The highest BCUT2D eigenvalue weighted by atomic mass is 16.3. The summed E-state index contributed by atoms with van der Waals surface area (Å²) in [5.74, 6) is 0.103. The van der Waals surface area contributed by atoms with Crippen molar-refractivity contribution in [2.75, 3.05) is 0 Å². The Morgan fingerprint density at radius 1 is 1.13 bits per heavy atom. The maximum atomic E-state index is 11.7. The van der Waals surface area contributed by atoms with Crippen LogP contribution in [0.1, 0.15) is 38.2 Å². The zero-order valence-electron chi connectivity index (χ0n) is 17.7. The third kappa shape index (κ3) is 3.50. The van der Waals surface area contributed by atoms with Gasteiger partial charge in [-0.1, -0.05) is 13.0 Å². The molecule has 160 valence electrons. The lowest BCUT2D eigenvalue weighted by atomic mass is 10.1. The molecule has 0 aliphatic heterocycles. The fourth-order valence-corrected chi connectivity index (χ4v) is 3.92. The molecule has 2 heterocycles. The van der Waals surface area contributed by atoms with E-state index in [1.165, 1.54) is 6.07 Å². The Morgan fingerprint density at radius 2 is 1.90 bits per heavy atom. The van der Waals surface area contributed by atoms with Gasteiger partial charge in [0.2, 0.25) is 5.91 Å². The molecule has 2 aromatic heterocycles. The lowest BCUT2D eigenvalue weighted by Crippen LogP contribution is -2.17. The molecule has 0 spiro atoms. The molecule has 0 atom stereocenters. The molecule has 0 aliphatic rings. The Kier molecular flexibility index (Phi) is 5.14.